The first-order valence-corrected chi connectivity index (χ1v) is 7.60. The van der Waals surface area contributed by atoms with E-state index in [1.807, 2.05) is 30.3 Å². The third-order valence-corrected chi connectivity index (χ3v) is 4.01. The molecule has 0 saturated heterocycles. The normalized spacial score (nSPS) is 22.1. The van der Waals surface area contributed by atoms with Gasteiger partial charge < -0.3 is 10.6 Å². The summed E-state index contributed by atoms with van der Waals surface area (Å²) < 4.78 is 38.1. The Kier molecular flexibility index (Phi) is 5.69. The van der Waals surface area contributed by atoms with Crippen molar-refractivity contribution in [1.82, 2.24) is 10.6 Å². The molecule has 6 heteroatoms. The number of hydrogen-bond donors (Lipinski definition) is 2. The van der Waals surface area contributed by atoms with Gasteiger partial charge in [-0.05, 0) is 31.2 Å². The summed E-state index contributed by atoms with van der Waals surface area (Å²) in [7, 11) is 0. The van der Waals surface area contributed by atoms with Gasteiger partial charge in [0.1, 0.15) is 0 Å². The van der Waals surface area contributed by atoms with Crippen molar-refractivity contribution < 1.29 is 18.0 Å². The predicted molar refractivity (Wildman–Crippen MR) is 78.5 cm³/mol. The van der Waals surface area contributed by atoms with E-state index in [0.717, 1.165) is 5.56 Å². The molecular weight excluding hydrogens is 293 g/mol. The Morgan fingerprint density at radius 3 is 2.59 bits per heavy atom. The maximum absolute atomic E-state index is 12.7. The van der Waals surface area contributed by atoms with Gasteiger partial charge in [-0.15, -0.1) is 0 Å². The van der Waals surface area contributed by atoms with Crippen LogP contribution in [0.2, 0.25) is 0 Å². The second-order valence-corrected chi connectivity index (χ2v) is 5.74. The van der Waals surface area contributed by atoms with E-state index in [9.17, 15) is 18.0 Å². The van der Waals surface area contributed by atoms with E-state index < -0.39 is 18.1 Å². The number of amides is 2. The van der Waals surface area contributed by atoms with Crippen molar-refractivity contribution in [2.45, 2.75) is 44.3 Å². The van der Waals surface area contributed by atoms with Gasteiger partial charge in [-0.3, -0.25) is 0 Å². The zero-order valence-electron chi connectivity index (χ0n) is 12.3. The Bertz CT molecular complexity index is 476. The molecule has 0 unspecified atom stereocenters. The Morgan fingerprint density at radius 1 is 1.18 bits per heavy atom. The number of benzene rings is 1. The van der Waals surface area contributed by atoms with E-state index in [4.69, 9.17) is 0 Å². The predicted octanol–water partition coefficient (Wildman–Crippen LogP) is 3.65. The first-order chi connectivity index (χ1) is 10.4. The number of rotatable bonds is 4. The lowest BCUT2D eigenvalue weighted by atomic mass is 9.85. The van der Waals surface area contributed by atoms with Crippen LogP contribution in [0.1, 0.15) is 31.2 Å². The number of nitrogens with one attached hydrogen (secondary N) is 2. The zero-order valence-corrected chi connectivity index (χ0v) is 12.3. The molecule has 1 aliphatic carbocycles. The summed E-state index contributed by atoms with van der Waals surface area (Å²) in [6, 6.07) is 8.93. The summed E-state index contributed by atoms with van der Waals surface area (Å²) >= 11 is 0. The highest BCUT2D eigenvalue weighted by atomic mass is 19.4. The summed E-state index contributed by atoms with van der Waals surface area (Å²) in [4.78, 5) is 11.8. The number of urea groups is 1. The van der Waals surface area contributed by atoms with Crippen LogP contribution in [0.5, 0.6) is 0 Å². The maximum Gasteiger partial charge on any atom is 0.391 e. The first kappa shape index (κ1) is 16.6. The van der Waals surface area contributed by atoms with E-state index in [-0.39, 0.29) is 18.9 Å². The molecule has 122 valence electrons. The Morgan fingerprint density at radius 2 is 1.91 bits per heavy atom. The van der Waals surface area contributed by atoms with Crippen LogP contribution in [-0.2, 0) is 6.42 Å². The van der Waals surface area contributed by atoms with Crippen molar-refractivity contribution in [3.05, 3.63) is 35.9 Å². The van der Waals surface area contributed by atoms with Crippen LogP contribution in [-0.4, -0.2) is 24.8 Å². The highest BCUT2D eigenvalue weighted by molar-refractivity contribution is 5.74. The molecule has 22 heavy (non-hydrogen) atoms. The fraction of sp³-hybridized carbons (Fsp3) is 0.562. The Labute approximate surface area is 128 Å². The van der Waals surface area contributed by atoms with E-state index in [2.05, 4.69) is 10.6 Å². The minimum atomic E-state index is -4.16. The van der Waals surface area contributed by atoms with Gasteiger partial charge in [-0.25, -0.2) is 4.79 Å². The highest BCUT2D eigenvalue weighted by Gasteiger charge is 2.42. The molecule has 1 aliphatic rings. The van der Waals surface area contributed by atoms with E-state index in [1.54, 1.807) is 0 Å². The van der Waals surface area contributed by atoms with Crippen molar-refractivity contribution in [2.75, 3.05) is 6.54 Å². The summed E-state index contributed by atoms with van der Waals surface area (Å²) in [6.07, 6.45) is -2.21. The van der Waals surface area contributed by atoms with Gasteiger partial charge in [0.25, 0.3) is 0 Å². The van der Waals surface area contributed by atoms with Gasteiger partial charge in [0, 0.05) is 12.6 Å². The van der Waals surface area contributed by atoms with Gasteiger partial charge in [0.05, 0.1) is 5.92 Å². The Hall–Kier alpha value is -1.72. The number of halogens is 3. The molecule has 0 heterocycles. The fourth-order valence-corrected chi connectivity index (χ4v) is 2.82. The SMILES string of the molecule is O=C(NCCc1ccccc1)N[C@@H]1CCC[C@@H](C(F)(F)F)C1. The third-order valence-electron chi connectivity index (χ3n) is 4.01. The monoisotopic (exact) mass is 314 g/mol. The minimum absolute atomic E-state index is 0.0182. The molecule has 0 spiro atoms. The number of carbonyl (C=O) groups is 1. The molecule has 0 aromatic heterocycles. The zero-order chi connectivity index (χ0) is 16.0. The van der Waals surface area contributed by atoms with Crippen LogP contribution >= 0.6 is 0 Å². The van der Waals surface area contributed by atoms with Gasteiger partial charge in [-0.1, -0.05) is 36.8 Å². The summed E-state index contributed by atoms with van der Waals surface area (Å²) in [5.41, 5.74) is 1.11. The molecule has 0 radical (unpaired) electrons. The average Bonchev–Trinajstić information content (AvgIpc) is 2.48. The molecule has 1 saturated carbocycles. The highest BCUT2D eigenvalue weighted by Crippen LogP contribution is 2.37. The van der Waals surface area contributed by atoms with E-state index >= 15 is 0 Å². The van der Waals surface area contributed by atoms with Crippen LogP contribution < -0.4 is 10.6 Å². The standard InChI is InChI=1S/C16H21F3N2O/c17-16(18,19)13-7-4-8-14(11-13)21-15(22)20-10-9-12-5-2-1-3-6-12/h1-3,5-6,13-14H,4,7-11H2,(H2,20,21,22)/t13-,14-/m1/s1. The molecule has 2 N–H and O–H groups in total. The molecule has 0 aliphatic heterocycles. The molecule has 3 nitrogen and oxygen atoms in total. The molecule has 1 aromatic rings. The van der Waals surface area contributed by atoms with E-state index in [1.165, 1.54) is 0 Å². The van der Waals surface area contributed by atoms with Crippen molar-refractivity contribution in [3.63, 3.8) is 0 Å². The second kappa shape index (κ2) is 7.51. The van der Waals surface area contributed by atoms with Crippen LogP contribution in [0.25, 0.3) is 0 Å². The van der Waals surface area contributed by atoms with Gasteiger partial charge >= 0.3 is 12.2 Å². The molecule has 2 atom stereocenters. The molecular formula is C16H21F3N2O. The summed E-state index contributed by atoms with van der Waals surface area (Å²) in [5.74, 6) is -1.30. The largest absolute Gasteiger partial charge is 0.391 e. The molecule has 1 fully saturated rings. The molecule has 2 amide bonds. The van der Waals surface area contributed by atoms with Crippen molar-refractivity contribution >= 4 is 6.03 Å². The average molecular weight is 314 g/mol. The van der Waals surface area contributed by atoms with Crippen LogP contribution in [0.15, 0.2) is 30.3 Å². The minimum Gasteiger partial charge on any atom is -0.338 e. The van der Waals surface area contributed by atoms with Crippen molar-refractivity contribution in [1.29, 1.82) is 0 Å². The first-order valence-electron chi connectivity index (χ1n) is 7.60. The van der Waals surface area contributed by atoms with Crippen molar-refractivity contribution in [2.24, 2.45) is 5.92 Å². The van der Waals surface area contributed by atoms with Crippen LogP contribution in [0.4, 0.5) is 18.0 Å². The van der Waals surface area contributed by atoms with Gasteiger partial charge in [0.2, 0.25) is 0 Å². The lowest BCUT2D eigenvalue weighted by Crippen LogP contribution is -2.46. The van der Waals surface area contributed by atoms with Crippen molar-refractivity contribution in [3.8, 4) is 0 Å². The number of carbonyl (C=O) groups excluding carboxylic acids is 1. The van der Waals surface area contributed by atoms with Gasteiger partial charge in [-0.2, -0.15) is 13.2 Å². The molecule has 1 aromatic carbocycles. The maximum atomic E-state index is 12.7. The van der Waals surface area contributed by atoms with Crippen LogP contribution in [0.3, 0.4) is 0 Å². The smallest absolute Gasteiger partial charge is 0.338 e. The summed E-state index contributed by atoms with van der Waals surface area (Å²) in [5, 5.41) is 5.36. The second-order valence-electron chi connectivity index (χ2n) is 5.74. The van der Waals surface area contributed by atoms with Crippen LogP contribution in [0, 0.1) is 5.92 Å². The lowest BCUT2D eigenvalue weighted by Gasteiger charge is -2.31. The quantitative estimate of drug-likeness (QED) is 0.875. The summed E-state index contributed by atoms with van der Waals surface area (Å²) in [6.45, 7) is 0.464. The number of hydrogen-bond acceptors (Lipinski definition) is 1. The Balaban J connectivity index is 1.70. The third kappa shape index (κ3) is 5.24. The lowest BCUT2D eigenvalue weighted by molar-refractivity contribution is -0.183. The van der Waals surface area contributed by atoms with E-state index in [0.29, 0.717) is 25.8 Å². The number of alkyl halides is 3. The molecule has 2 rings (SSSR count). The molecule has 0 bridgehead atoms. The van der Waals surface area contributed by atoms with Gasteiger partial charge in [0.15, 0.2) is 0 Å². The fourth-order valence-electron chi connectivity index (χ4n) is 2.82. The topological polar surface area (TPSA) is 41.1 Å².